The lowest BCUT2D eigenvalue weighted by atomic mass is 9.78. The van der Waals surface area contributed by atoms with Crippen LogP contribution in [0.2, 0.25) is 0 Å². The fraction of sp³-hybridized carbons (Fsp3) is 0.370. The summed E-state index contributed by atoms with van der Waals surface area (Å²) in [6, 6.07) is 14.4. The zero-order valence-corrected chi connectivity index (χ0v) is 21.2. The maximum atomic E-state index is 13.6. The largest absolute Gasteiger partial charge is 0.507 e. The normalized spacial score (nSPS) is 12.7. The van der Waals surface area contributed by atoms with Gasteiger partial charge < -0.3 is 9.67 Å². The molecule has 0 fully saturated rings. The highest BCUT2D eigenvalue weighted by atomic mass is 32.2. The number of sulfone groups is 1. The molecule has 0 amide bonds. The van der Waals surface area contributed by atoms with Crippen molar-refractivity contribution in [1.82, 2.24) is 4.57 Å². The molecule has 0 spiro atoms. The van der Waals surface area contributed by atoms with Gasteiger partial charge in [-0.15, -0.1) is 0 Å². The fourth-order valence-electron chi connectivity index (χ4n) is 3.91. The van der Waals surface area contributed by atoms with Gasteiger partial charge in [-0.25, -0.2) is 8.42 Å². The van der Waals surface area contributed by atoms with Crippen molar-refractivity contribution < 1.29 is 18.3 Å². The Balaban J connectivity index is 2.16. The number of aromatic hydroxyl groups is 1. The monoisotopic (exact) mass is 467 g/mol. The topological polar surface area (TPSA) is 76.4 Å². The van der Waals surface area contributed by atoms with E-state index in [1.54, 1.807) is 22.9 Å². The lowest BCUT2D eigenvalue weighted by Gasteiger charge is -2.28. The molecular formula is C27H33NO4S. The van der Waals surface area contributed by atoms with Gasteiger partial charge in [0.15, 0.2) is 15.6 Å². The number of benzene rings is 2. The first kappa shape index (κ1) is 24.8. The summed E-state index contributed by atoms with van der Waals surface area (Å²) in [4.78, 5) is 13.6. The quantitative estimate of drug-likeness (QED) is 0.505. The molecule has 0 radical (unpaired) electrons. The van der Waals surface area contributed by atoms with Crippen molar-refractivity contribution >= 4 is 15.6 Å². The molecule has 176 valence electrons. The summed E-state index contributed by atoms with van der Waals surface area (Å²) in [6.45, 7) is 12.3. The molecule has 3 rings (SSSR count). The standard InChI is InChI=1S/C27H33NO4S/c1-26(2,3)21-13-19(14-22(25(21)30)27(4,5)6)24(29)20-15-23(33(7,31)32)28(17-20)16-18-11-9-8-10-12-18/h8-15,17,30H,16H2,1-7H3. The van der Waals surface area contributed by atoms with Crippen molar-refractivity contribution in [2.75, 3.05) is 6.26 Å². The fourth-order valence-corrected chi connectivity index (χ4v) is 4.79. The van der Waals surface area contributed by atoms with Gasteiger partial charge in [-0.3, -0.25) is 4.79 Å². The second-order valence-corrected chi connectivity index (χ2v) is 12.7. The van der Waals surface area contributed by atoms with Crippen molar-refractivity contribution in [3.8, 4) is 5.75 Å². The number of rotatable bonds is 5. The van der Waals surface area contributed by atoms with Gasteiger partial charge in [0.2, 0.25) is 0 Å². The number of nitrogens with zero attached hydrogens (tertiary/aromatic N) is 1. The molecular weight excluding hydrogens is 434 g/mol. The third kappa shape index (κ3) is 5.38. The lowest BCUT2D eigenvalue weighted by molar-refractivity contribution is 0.103. The van der Waals surface area contributed by atoms with E-state index in [-0.39, 0.29) is 27.4 Å². The first-order chi connectivity index (χ1) is 15.1. The van der Waals surface area contributed by atoms with Crippen LogP contribution in [0.5, 0.6) is 5.75 Å². The van der Waals surface area contributed by atoms with Crippen molar-refractivity contribution in [3.63, 3.8) is 0 Å². The Morgan fingerprint density at radius 1 is 0.879 bits per heavy atom. The van der Waals surface area contributed by atoms with Crippen LogP contribution in [0.3, 0.4) is 0 Å². The highest BCUT2D eigenvalue weighted by Crippen LogP contribution is 2.40. The van der Waals surface area contributed by atoms with Crippen LogP contribution in [-0.2, 0) is 27.2 Å². The van der Waals surface area contributed by atoms with Crippen LogP contribution in [0.1, 0.15) is 74.2 Å². The third-order valence-electron chi connectivity index (χ3n) is 5.68. The Kier molecular flexibility index (Phi) is 6.37. The van der Waals surface area contributed by atoms with Gasteiger partial charge in [0, 0.05) is 41.3 Å². The Morgan fingerprint density at radius 2 is 1.39 bits per heavy atom. The Labute approximate surface area is 197 Å². The summed E-state index contributed by atoms with van der Waals surface area (Å²) in [5.74, 6) is -0.0762. The van der Waals surface area contributed by atoms with Crippen molar-refractivity contribution in [2.24, 2.45) is 0 Å². The van der Waals surface area contributed by atoms with E-state index >= 15 is 0 Å². The van der Waals surface area contributed by atoms with Crippen LogP contribution in [0.25, 0.3) is 0 Å². The Bertz CT molecular complexity index is 1250. The van der Waals surface area contributed by atoms with Gasteiger partial charge in [-0.05, 0) is 34.6 Å². The number of aromatic nitrogens is 1. The molecule has 0 aliphatic rings. The lowest BCUT2D eigenvalue weighted by Crippen LogP contribution is -2.19. The maximum Gasteiger partial charge on any atom is 0.194 e. The minimum atomic E-state index is -3.55. The summed E-state index contributed by atoms with van der Waals surface area (Å²) in [5, 5.41) is 11.1. The molecule has 6 heteroatoms. The molecule has 5 nitrogen and oxygen atoms in total. The molecule has 0 atom stereocenters. The molecule has 33 heavy (non-hydrogen) atoms. The van der Waals surface area contributed by atoms with Crippen LogP contribution >= 0.6 is 0 Å². The molecule has 0 aliphatic carbocycles. The zero-order valence-electron chi connectivity index (χ0n) is 20.4. The zero-order chi connectivity index (χ0) is 24.8. The smallest absolute Gasteiger partial charge is 0.194 e. The summed E-state index contributed by atoms with van der Waals surface area (Å²) >= 11 is 0. The van der Waals surface area contributed by atoms with E-state index in [2.05, 4.69) is 0 Å². The highest BCUT2D eigenvalue weighted by Gasteiger charge is 2.29. The highest BCUT2D eigenvalue weighted by molar-refractivity contribution is 7.90. The van der Waals surface area contributed by atoms with Gasteiger partial charge in [0.05, 0.1) is 0 Å². The summed E-state index contributed by atoms with van der Waals surface area (Å²) in [5.41, 5.74) is 2.29. The molecule has 0 saturated carbocycles. The van der Waals surface area contributed by atoms with Crippen molar-refractivity contribution in [2.45, 2.75) is 63.9 Å². The molecule has 3 aromatic rings. The summed E-state index contributed by atoms with van der Waals surface area (Å²) in [7, 11) is -3.55. The maximum absolute atomic E-state index is 13.6. The molecule has 0 saturated heterocycles. The predicted molar refractivity (Wildman–Crippen MR) is 132 cm³/mol. The molecule has 0 aliphatic heterocycles. The number of phenolic OH excluding ortho intramolecular Hbond substituents is 1. The van der Waals surface area contributed by atoms with E-state index in [4.69, 9.17) is 0 Å². The van der Waals surface area contributed by atoms with Gasteiger partial charge in [0.1, 0.15) is 10.8 Å². The van der Waals surface area contributed by atoms with Crippen LogP contribution in [0, 0.1) is 0 Å². The average molecular weight is 468 g/mol. The van der Waals surface area contributed by atoms with Crippen LogP contribution in [0.15, 0.2) is 59.8 Å². The second-order valence-electron chi connectivity index (χ2n) is 10.7. The number of carbonyl (C=O) groups excluding carboxylic acids is 1. The summed E-state index contributed by atoms with van der Waals surface area (Å²) in [6.07, 6.45) is 2.75. The molecule has 1 aromatic heterocycles. The number of hydrogen-bond donors (Lipinski definition) is 1. The molecule has 0 unspecified atom stereocenters. The van der Waals surface area contributed by atoms with E-state index in [0.717, 1.165) is 11.8 Å². The molecule has 1 N–H and O–H groups in total. The van der Waals surface area contributed by atoms with Gasteiger partial charge in [0.25, 0.3) is 0 Å². The van der Waals surface area contributed by atoms with E-state index < -0.39 is 9.84 Å². The number of carbonyl (C=O) groups is 1. The molecule has 2 aromatic carbocycles. The molecule has 1 heterocycles. The summed E-state index contributed by atoms with van der Waals surface area (Å²) < 4.78 is 26.5. The minimum Gasteiger partial charge on any atom is -0.507 e. The van der Waals surface area contributed by atoms with Crippen molar-refractivity contribution in [3.05, 3.63) is 82.5 Å². The minimum absolute atomic E-state index is 0.0978. The van der Waals surface area contributed by atoms with Crippen LogP contribution in [0.4, 0.5) is 0 Å². The first-order valence-corrected chi connectivity index (χ1v) is 12.8. The van der Waals surface area contributed by atoms with Gasteiger partial charge in [-0.1, -0.05) is 71.9 Å². The van der Waals surface area contributed by atoms with Crippen LogP contribution in [-0.4, -0.2) is 30.1 Å². The van der Waals surface area contributed by atoms with E-state index in [9.17, 15) is 18.3 Å². The van der Waals surface area contributed by atoms with E-state index in [1.807, 2.05) is 71.9 Å². The Hall–Kier alpha value is -2.86. The number of hydrogen-bond acceptors (Lipinski definition) is 4. The third-order valence-corrected chi connectivity index (χ3v) is 6.80. The number of phenols is 1. The van der Waals surface area contributed by atoms with Gasteiger partial charge >= 0.3 is 0 Å². The van der Waals surface area contributed by atoms with Gasteiger partial charge in [-0.2, -0.15) is 0 Å². The SMILES string of the molecule is CC(C)(C)c1cc(C(=O)c2cc(S(C)(=O)=O)n(Cc3ccccc3)c2)cc(C(C)(C)C)c1O. The average Bonchev–Trinajstić information content (AvgIpc) is 3.11. The molecule has 0 bridgehead atoms. The second kappa shape index (κ2) is 8.49. The van der Waals surface area contributed by atoms with E-state index in [0.29, 0.717) is 28.8 Å². The first-order valence-electron chi connectivity index (χ1n) is 11.0. The Morgan fingerprint density at radius 3 is 1.85 bits per heavy atom. The van der Waals surface area contributed by atoms with E-state index in [1.165, 1.54) is 6.07 Å². The van der Waals surface area contributed by atoms with Crippen LogP contribution < -0.4 is 0 Å². The van der Waals surface area contributed by atoms with Crippen molar-refractivity contribution in [1.29, 1.82) is 0 Å². The predicted octanol–water partition coefficient (Wildman–Crippen LogP) is 5.47. The number of ketones is 1.